The number of nitrogens with one attached hydrogen (secondary N) is 1. The van der Waals surface area contributed by atoms with Gasteiger partial charge in [0.25, 0.3) is 0 Å². The lowest BCUT2D eigenvalue weighted by Crippen LogP contribution is -2.42. The second-order valence-corrected chi connectivity index (χ2v) is 4.52. The van der Waals surface area contributed by atoms with Gasteiger partial charge in [-0.25, -0.2) is 4.79 Å². The van der Waals surface area contributed by atoms with Crippen molar-refractivity contribution in [2.45, 2.75) is 6.42 Å². The van der Waals surface area contributed by atoms with Gasteiger partial charge in [-0.1, -0.05) is 0 Å². The molecule has 0 bridgehead atoms. The Morgan fingerprint density at radius 2 is 2.50 bits per heavy atom. The molecule has 14 heavy (non-hydrogen) atoms. The van der Waals surface area contributed by atoms with Crippen molar-refractivity contribution in [3.63, 3.8) is 0 Å². The van der Waals surface area contributed by atoms with Gasteiger partial charge < -0.3 is 10.1 Å². The Morgan fingerprint density at radius 3 is 3.07 bits per heavy atom. The Balaban J connectivity index is 1.98. The second-order valence-electron chi connectivity index (χ2n) is 3.52. The minimum absolute atomic E-state index is 0.237. The number of carbonyl (C=O) groups excluding carboxylic acids is 1. The van der Waals surface area contributed by atoms with Crippen LogP contribution >= 0.6 is 11.3 Å². The van der Waals surface area contributed by atoms with Crippen LogP contribution in [0.2, 0.25) is 0 Å². The van der Waals surface area contributed by atoms with E-state index in [0.717, 1.165) is 25.4 Å². The fourth-order valence-corrected chi connectivity index (χ4v) is 2.46. The van der Waals surface area contributed by atoms with E-state index in [9.17, 15) is 4.79 Å². The van der Waals surface area contributed by atoms with Gasteiger partial charge in [0.15, 0.2) is 0 Å². The maximum atomic E-state index is 11.2. The van der Waals surface area contributed by atoms with Crippen LogP contribution in [0.25, 0.3) is 0 Å². The van der Waals surface area contributed by atoms with Crippen molar-refractivity contribution in [1.29, 1.82) is 0 Å². The van der Waals surface area contributed by atoms with Gasteiger partial charge >= 0.3 is 5.97 Å². The molecule has 0 saturated carbocycles. The number of rotatable bonds is 3. The summed E-state index contributed by atoms with van der Waals surface area (Å²) < 4.78 is 4.65. The molecule has 1 aromatic heterocycles. The second kappa shape index (κ2) is 4.11. The van der Waals surface area contributed by atoms with Crippen LogP contribution < -0.4 is 5.32 Å². The molecule has 2 heterocycles. The van der Waals surface area contributed by atoms with E-state index >= 15 is 0 Å². The summed E-state index contributed by atoms with van der Waals surface area (Å²) in [6.07, 6.45) is 1.08. The quantitative estimate of drug-likeness (QED) is 0.766. The molecule has 1 aliphatic heterocycles. The summed E-state index contributed by atoms with van der Waals surface area (Å²) in [6.45, 7) is 2.21. The zero-order valence-corrected chi connectivity index (χ0v) is 8.89. The van der Waals surface area contributed by atoms with E-state index in [0.29, 0.717) is 5.56 Å². The van der Waals surface area contributed by atoms with Gasteiger partial charge in [-0.05, 0) is 31.5 Å². The molecule has 4 heteroatoms. The number of hydrogen-bond acceptors (Lipinski definition) is 4. The molecule has 1 aliphatic rings. The van der Waals surface area contributed by atoms with E-state index in [1.165, 1.54) is 12.0 Å². The molecule has 1 saturated heterocycles. The highest BCUT2D eigenvalue weighted by molar-refractivity contribution is 7.10. The fraction of sp³-hybridized carbons (Fsp3) is 0.500. The number of ether oxygens (including phenoxy) is 1. The first kappa shape index (κ1) is 9.68. The maximum absolute atomic E-state index is 11.2. The third-order valence-electron chi connectivity index (χ3n) is 2.43. The van der Waals surface area contributed by atoms with E-state index in [-0.39, 0.29) is 5.97 Å². The van der Waals surface area contributed by atoms with E-state index < -0.39 is 0 Å². The van der Waals surface area contributed by atoms with Gasteiger partial charge in [0, 0.05) is 10.3 Å². The van der Waals surface area contributed by atoms with Crippen molar-refractivity contribution in [3.05, 3.63) is 21.9 Å². The lowest BCUT2D eigenvalue weighted by molar-refractivity contribution is 0.0601. The number of hydrogen-bond donors (Lipinski definition) is 1. The Bertz CT molecular complexity index is 331. The highest BCUT2D eigenvalue weighted by atomic mass is 32.1. The molecular weight excluding hydrogens is 198 g/mol. The fourth-order valence-electron chi connectivity index (χ4n) is 1.49. The highest BCUT2D eigenvalue weighted by Crippen LogP contribution is 2.20. The number of methoxy groups -OCH3 is 1. The van der Waals surface area contributed by atoms with Crippen LogP contribution in [-0.2, 0) is 11.2 Å². The highest BCUT2D eigenvalue weighted by Gasteiger charge is 2.18. The van der Waals surface area contributed by atoms with Crippen LogP contribution in [0.15, 0.2) is 11.4 Å². The average molecular weight is 211 g/mol. The molecule has 1 N–H and O–H groups in total. The van der Waals surface area contributed by atoms with Gasteiger partial charge in [-0.2, -0.15) is 0 Å². The lowest BCUT2D eigenvalue weighted by atomic mass is 9.98. The molecule has 0 spiro atoms. The monoisotopic (exact) mass is 211 g/mol. The third kappa shape index (κ3) is 1.96. The van der Waals surface area contributed by atoms with Crippen LogP contribution in [0.3, 0.4) is 0 Å². The van der Waals surface area contributed by atoms with Crippen LogP contribution in [0.4, 0.5) is 0 Å². The van der Waals surface area contributed by atoms with Crippen LogP contribution in [0, 0.1) is 5.92 Å². The number of thiophene rings is 1. The van der Waals surface area contributed by atoms with E-state index in [1.807, 2.05) is 11.4 Å². The third-order valence-corrected chi connectivity index (χ3v) is 3.39. The van der Waals surface area contributed by atoms with E-state index in [4.69, 9.17) is 0 Å². The average Bonchev–Trinajstić information content (AvgIpc) is 2.58. The smallest absolute Gasteiger partial charge is 0.338 e. The molecule has 3 nitrogen and oxygen atoms in total. The zero-order chi connectivity index (χ0) is 9.97. The molecule has 76 valence electrons. The largest absolute Gasteiger partial charge is 0.465 e. The van der Waals surface area contributed by atoms with Crippen molar-refractivity contribution in [2.75, 3.05) is 20.2 Å². The van der Waals surface area contributed by atoms with Gasteiger partial charge in [0.05, 0.1) is 12.7 Å². The van der Waals surface area contributed by atoms with Crippen molar-refractivity contribution < 1.29 is 9.53 Å². The zero-order valence-electron chi connectivity index (χ0n) is 8.08. The van der Waals surface area contributed by atoms with Crippen LogP contribution in [0.1, 0.15) is 15.2 Å². The minimum atomic E-state index is -0.237. The SMILES string of the molecule is COC(=O)c1csc(CC2CNC2)c1. The van der Waals surface area contributed by atoms with E-state index in [2.05, 4.69) is 10.1 Å². The normalized spacial score (nSPS) is 16.4. The molecule has 0 radical (unpaired) electrons. The first-order valence-corrected chi connectivity index (χ1v) is 5.54. The molecule has 0 amide bonds. The van der Waals surface area contributed by atoms with Gasteiger partial charge in [0.2, 0.25) is 0 Å². The molecule has 0 aromatic carbocycles. The topological polar surface area (TPSA) is 38.3 Å². The van der Waals surface area contributed by atoms with Crippen molar-refractivity contribution in [1.82, 2.24) is 5.32 Å². The Kier molecular flexibility index (Phi) is 2.84. The molecule has 0 atom stereocenters. The van der Waals surface area contributed by atoms with Crippen molar-refractivity contribution in [2.24, 2.45) is 5.92 Å². The molecule has 1 fully saturated rings. The Morgan fingerprint density at radius 1 is 1.71 bits per heavy atom. The maximum Gasteiger partial charge on any atom is 0.338 e. The first-order valence-electron chi connectivity index (χ1n) is 4.66. The van der Waals surface area contributed by atoms with Gasteiger partial charge in [-0.15, -0.1) is 11.3 Å². The predicted octanol–water partition coefficient (Wildman–Crippen LogP) is 1.30. The number of esters is 1. The number of carbonyl (C=O) groups is 1. The summed E-state index contributed by atoms with van der Waals surface area (Å²) in [7, 11) is 1.41. The predicted molar refractivity (Wildman–Crippen MR) is 55.7 cm³/mol. The summed E-state index contributed by atoms with van der Waals surface area (Å²) in [5.74, 6) is 0.512. The molecule has 2 rings (SSSR count). The summed E-state index contributed by atoms with van der Waals surface area (Å²) in [6, 6.07) is 1.94. The van der Waals surface area contributed by atoms with Gasteiger partial charge in [0.1, 0.15) is 0 Å². The molecular formula is C10H13NO2S. The van der Waals surface area contributed by atoms with Crippen molar-refractivity contribution in [3.8, 4) is 0 Å². The van der Waals surface area contributed by atoms with Crippen LogP contribution in [-0.4, -0.2) is 26.2 Å². The summed E-state index contributed by atoms with van der Waals surface area (Å²) in [5, 5.41) is 5.10. The summed E-state index contributed by atoms with van der Waals surface area (Å²) >= 11 is 1.64. The minimum Gasteiger partial charge on any atom is -0.465 e. The molecule has 0 unspecified atom stereocenters. The summed E-state index contributed by atoms with van der Waals surface area (Å²) in [5.41, 5.74) is 0.680. The first-order chi connectivity index (χ1) is 6.79. The standard InChI is InChI=1S/C10H13NO2S/c1-13-10(12)8-3-9(14-6-8)2-7-4-11-5-7/h3,6-7,11H,2,4-5H2,1H3. The summed E-state index contributed by atoms with van der Waals surface area (Å²) in [4.78, 5) is 12.4. The molecule has 0 aliphatic carbocycles. The molecule has 1 aromatic rings. The lowest BCUT2D eigenvalue weighted by Gasteiger charge is -2.26. The van der Waals surface area contributed by atoms with Crippen LogP contribution in [0.5, 0.6) is 0 Å². The van der Waals surface area contributed by atoms with Crippen molar-refractivity contribution >= 4 is 17.3 Å². The Hall–Kier alpha value is -0.870. The Labute approximate surface area is 87.1 Å². The van der Waals surface area contributed by atoms with E-state index in [1.54, 1.807) is 11.3 Å². The van der Waals surface area contributed by atoms with Gasteiger partial charge in [-0.3, -0.25) is 0 Å².